The molecule has 2 aromatic heterocycles. The van der Waals surface area contributed by atoms with Crippen LogP contribution in [-0.4, -0.2) is 72.8 Å². The number of aromatic amines is 2. The number of hydrogen-bond acceptors (Lipinski definition) is 8. The molecule has 10 heteroatoms. The molecule has 4 bridgehead atoms. The van der Waals surface area contributed by atoms with Gasteiger partial charge in [0.2, 0.25) is 0 Å². The Kier molecular flexibility index (Phi) is 9.41. The summed E-state index contributed by atoms with van der Waals surface area (Å²) < 4.78 is 0. The second-order valence-corrected chi connectivity index (χ2v) is 6.98. The van der Waals surface area contributed by atoms with E-state index in [1.165, 1.54) is 0 Å². The van der Waals surface area contributed by atoms with Gasteiger partial charge in [-0.05, 0) is 12.1 Å². The van der Waals surface area contributed by atoms with Gasteiger partial charge in [0.15, 0.2) is 0 Å². The van der Waals surface area contributed by atoms with E-state index < -0.39 is 0 Å². The molecule has 0 spiro atoms. The van der Waals surface area contributed by atoms with E-state index in [1.54, 1.807) is 0 Å². The summed E-state index contributed by atoms with van der Waals surface area (Å²) in [6.45, 7) is 10.6. The smallest absolute Gasteiger partial charge is 0.0763 e. The molecule has 0 radical (unpaired) electrons. The lowest BCUT2D eigenvalue weighted by atomic mass is 10.3. The first-order valence-corrected chi connectivity index (χ1v) is 10.2. The molecule has 1 aliphatic heterocycles. The molecule has 28 heavy (non-hydrogen) atoms. The maximum atomic E-state index is 4.35. The third-order valence-corrected chi connectivity index (χ3v) is 4.53. The predicted octanol–water partition coefficient (Wildman–Crippen LogP) is -1.62. The van der Waals surface area contributed by atoms with Gasteiger partial charge in [0.25, 0.3) is 0 Å². The van der Waals surface area contributed by atoms with Crippen LogP contribution in [0.3, 0.4) is 0 Å². The number of hydrogen-bond donors (Lipinski definition) is 8. The first kappa shape index (κ1) is 20.9. The fraction of sp³-hybridized carbons (Fsp3) is 0.667. The van der Waals surface area contributed by atoms with E-state index in [2.05, 4.69) is 64.4 Å². The van der Waals surface area contributed by atoms with Crippen molar-refractivity contribution in [1.82, 2.24) is 52.3 Å². The Labute approximate surface area is 166 Å². The Morgan fingerprint density at radius 1 is 0.464 bits per heavy atom. The fourth-order valence-corrected chi connectivity index (χ4v) is 3.02. The lowest BCUT2D eigenvalue weighted by molar-refractivity contribution is 0.574. The van der Waals surface area contributed by atoms with Crippen LogP contribution in [0.4, 0.5) is 0 Å². The van der Waals surface area contributed by atoms with Gasteiger partial charge in [-0.2, -0.15) is 10.2 Å². The van der Waals surface area contributed by atoms with Crippen molar-refractivity contribution < 1.29 is 0 Å². The van der Waals surface area contributed by atoms with Crippen LogP contribution in [0.5, 0.6) is 0 Å². The molecule has 8 N–H and O–H groups in total. The molecule has 0 saturated carbocycles. The van der Waals surface area contributed by atoms with Crippen molar-refractivity contribution in [2.45, 2.75) is 26.2 Å². The average Bonchev–Trinajstić information content (AvgIpc) is 3.34. The molecule has 156 valence electrons. The van der Waals surface area contributed by atoms with Crippen molar-refractivity contribution in [2.75, 3.05) is 52.4 Å². The lowest BCUT2D eigenvalue weighted by Gasteiger charge is -2.07. The third-order valence-electron chi connectivity index (χ3n) is 4.53. The largest absolute Gasteiger partial charge is 0.314 e. The van der Waals surface area contributed by atoms with Crippen molar-refractivity contribution in [3.8, 4) is 0 Å². The molecule has 3 rings (SSSR count). The average molecular weight is 391 g/mol. The van der Waals surface area contributed by atoms with Gasteiger partial charge in [0, 0.05) is 89.9 Å². The molecule has 0 saturated heterocycles. The zero-order valence-corrected chi connectivity index (χ0v) is 16.5. The van der Waals surface area contributed by atoms with Gasteiger partial charge in [-0.1, -0.05) is 0 Å². The summed E-state index contributed by atoms with van der Waals surface area (Å²) in [4.78, 5) is 0. The zero-order chi connectivity index (χ0) is 19.3. The quantitative estimate of drug-likeness (QED) is 0.270. The highest BCUT2D eigenvalue weighted by molar-refractivity contribution is 5.09. The molecule has 0 aliphatic carbocycles. The Morgan fingerprint density at radius 3 is 1.25 bits per heavy atom. The summed E-state index contributed by atoms with van der Waals surface area (Å²) in [5, 5.41) is 35.5. The maximum Gasteiger partial charge on any atom is 0.0763 e. The van der Waals surface area contributed by atoms with Gasteiger partial charge in [0.1, 0.15) is 0 Å². The summed E-state index contributed by atoms with van der Waals surface area (Å²) in [5.74, 6) is 0. The van der Waals surface area contributed by atoms with Crippen LogP contribution in [0.2, 0.25) is 0 Å². The normalized spacial score (nSPS) is 19.7. The first-order chi connectivity index (χ1) is 13.9. The standard InChI is InChI=1S/C18H34N10/c1-5-21-11-15-9-16(26-25-15)13-23-7-3-20-4-8-24-14-18-10-17(27-28-18)12-22-6-2-19-1/h9-10,19-24H,1-8,11-14H2,(H,25,26)(H,27,28). The molecule has 10 nitrogen and oxygen atoms in total. The molecular formula is C18H34N10. The van der Waals surface area contributed by atoms with Crippen LogP contribution in [0.1, 0.15) is 22.8 Å². The van der Waals surface area contributed by atoms with Crippen molar-refractivity contribution in [2.24, 2.45) is 0 Å². The van der Waals surface area contributed by atoms with E-state index in [4.69, 9.17) is 0 Å². The van der Waals surface area contributed by atoms with Crippen LogP contribution in [0.15, 0.2) is 12.1 Å². The Balaban J connectivity index is 1.40. The van der Waals surface area contributed by atoms with Gasteiger partial charge in [-0.3, -0.25) is 10.2 Å². The SMILES string of the molecule is c1c2n[nH]c1CNCCNCCNCc1cc(n[nH]1)CNCCNCCNC2. The van der Waals surface area contributed by atoms with Gasteiger partial charge < -0.3 is 31.9 Å². The minimum Gasteiger partial charge on any atom is -0.314 e. The molecule has 2 aromatic rings. The van der Waals surface area contributed by atoms with Gasteiger partial charge >= 0.3 is 0 Å². The van der Waals surface area contributed by atoms with Crippen LogP contribution in [0, 0.1) is 0 Å². The van der Waals surface area contributed by atoms with Crippen molar-refractivity contribution in [3.63, 3.8) is 0 Å². The number of H-pyrrole nitrogens is 2. The van der Waals surface area contributed by atoms with E-state index in [-0.39, 0.29) is 0 Å². The van der Waals surface area contributed by atoms with E-state index in [1.807, 2.05) is 0 Å². The highest BCUT2D eigenvalue weighted by atomic mass is 15.2. The molecule has 0 fully saturated rings. The van der Waals surface area contributed by atoms with E-state index >= 15 is 0 Å². The molecule has 1 aliphatic rings. The number of aromatic nitrogens is 4. The topological polar surface area (TPSA) is 130 Å². The molecule has 3 heterocycles. The van der Waals surface area contributed by atoms with Gasteiger partial charge in [-0.25, -0.2) is 0 Å². The van der Waals surface area contributed by atoms with E-state index in [0.717, 1.165) is 101 Å². The Hall–Kier alpha value is -1.82. The fourth-order valence-electron chi connectivity index (χ4n) is 3.02. The van der Waals surface area contributed by atoms with Crippen molar-refractivity contribution in [1.29, 1.82) is 0 Å². The van der Waals surface area contributed by atoms with Crippen molar-refractivity contribution >= 4 is 0 Å². The van der Waals surface area contributed by atoms with Gasteiger partial charge in [-0.15, -0.1) is 0 Å². The monoisotopic (exact) mass is 390 g/mol. The summed E-state index contributed by atoms with van der Waals surface area (Å²) >= 11 is 0. The number of fused-ring (bicyclic) bond motifs is 4. The first-order valence-electron chi connectivity index (χ1n) is 10.2. The van der Waals surface area contributed by atoms with Crippen LogP contribution >= 0.6 is 0 Å². The predicted molar refractivity (Wildman–Crippen MR) is 110 cm³/mol. The minimum absolute atomic E-state index is 0.784. The number of nitrogens with zero attached hydrogens (tertiary/aromatic N) is 2. The maximum absolute atomic E-state index is 4.35. The Bertz CT molecular complexity index is 547. The van der Waals surface area contributed by atoms with Crippen LogP contribution < -0.4 is 31.9 Å². The van der Waals surface area contributed by atoms with Crippen molar-refractivity contribution in [3.05, 3.63) is 34.9 Å². The lowest BCUT2D eigenvalue weighted by Crippen LogP contribution is -2.32. The molecule has 0 atom stereocenters. The molecule has 0 unspecified atom stereocenters. The van der Waals surface area contributed by atoms with E-state index in [9.17, 15) is 0 Å². The van der Waals surface area contributed by atoms with Crippen LogP contribution in [0.25, 0.3) is 0 Å². The molecule has 0 amide bonds. The second kappa shape index (κ2) is 12.6. The summed E-state index contributed by atoms with van der Waals surface area (Å²) in [5.41, 5.74) is 4.35. The highest BCUT2D eigenvalue weighted by Crippen LogP contribution is 1.99. The van der Waals surface area contributed by atoms with Gasteiger partial charge in [0.05, 0.1) is 11.4 Å². The highest BCUT2D eigenvalue weighted by Gasteiger charge is 2.02. The number of rotatable bonds is 0. The zero-order valence-electron chi connectivity index (χ0n) is 16.5. The second-order valence-electron chi connectivity index (χ2n) is 6.98. The summed E-state index contributed by atoms with van der Waals surface area (Å²) in [6.07, 6.45) is 0. The van der Waals surface area contributed by atoms with Crippen LogP contribution in [-0.2, 0) is 26.2 Å². The molecule has 0 aromatic carbocycles. The minimum atomic E-state index is 0.784. The summed E-state index contributed by atoms with van der Waals surface area (Å²) in [6, 6.07) is 4.24. The number of nitrogens with one attached hydrogen (secondary N) is 8. The van der Waals surface area contributed by atoms with E-state index in [0.29, 0.717) is 0 Å². The summed E-state index contributed by atoms with van der Waals surface area (Å²) in [7, 11) is 0. The third kappa shape index (κ3) is 8.05. The molecular weight excluding hydrogens is 356 g/mol. The Morgan fingerprint density at radius 2 is 0.821 bits per heavy atom.